The van der Waals surface area contributed by atoms with Crippen LogP contribution < -0.4 is 0 Å². The van der Waals surface area contributed by atoms with Gasteiger partial charge in [0.15, 0.2) is 0 Å². The first kappa shape index (κ1) is 12.5. The van der Waals surface area contributed by atoms with Crippen LogP contribution in [0.2, 0.25) is 0 Å². The van der Waals surface area contributed by atoms with Crippen molar-refractivity contribution in [3.63, 3.8) is 0 Å². The normalized spacial score (nSPS) is 12.2. The zero-order valence-corrected chi connectivity index (χ0v) is 13.5. The minimum atomic E-state index is 1.02. The number of hydrogen-bond acceptors (Lipinski definition) is 2. The van der Waals surface area contributed by atoms with Gasteiger partial charge in [-0.25, -0.2) is 4.98 Å². The minimum Gasteiger partial charge on any atom is -0.299 e. The predicted molar refractivity (Wildman–Crippen MR) is 103 cm³/mol. The predicted octanol–water partition coefficient (Wildman–Crippen LogP) is 6.01. The number of imidazole rings is 1. The molecule has 2 nitrogen and oxygen atoms in total. The first-order valence-corrected chi connectivity index (χ1v) is 8.80. The quantitative estimate of drug-likeness (QED) is 0.313. The molecule has 3 aromatic heterocycles. The summed E-state index contributed by atoms with van der Waals surface area (Å²) in [5.41, 5.74) is 2.24. The van der Waals surface area contributed by atoms with Gasteiger partial charge in [-0.15, -0.1) is 11.3 Å². The number of aromatic nitrogens is 2. The number of benzene rings is 3. The van der Waals surface area contributed by atoms with E-state index < -0.39 is 0 Å². The molecule has 0 unspecified atom stereocenters. The Hall–Kier alpha value is -2.91. The zero-order chi connectivity index (χ0) is 15.7. The maximum absolute atomic E-state index is 4.59. The molecule has 0 radical (unpaired) electrons. The molecule has 0 fully saturated rings. The SMILES string of the molecule is c1ccc2c(c1)sc1cc3c4ccccc4c4nccn4c3cc12. The van der Waals surface area contributed by atoms with E-state index in [2.05, 4.69) is 76.2 Å². The summed E-state index contributed by atoms with van der Waals surface area (Å²) in [7, 11) is 0. The van der Waals surface area contributed by atoms with Crippen molar-refractivity contribution in [2.75, 3.05) is 0 Å². The first-order chi connectivity index (χ1) is 11.9. The van der Waals surface area contributed by atoms with E-state index in [1.165, 1.54) is 41.8 Å². The van der Waals surface area contributed by atoms with Gasteiger partial charge in [0.25, 0.3) is 0 Å². The van der Waals surface area contributed by atoms with Gasteiger partial charge in [-0.2, -0.15) is 0 Å². The Morgan fingerprint density at radius 2 is 1.50 bits per heavy atom. The molecule has 0 aliphatic rings. The summed E-state index contributed by atoms with van der Waals surface area (Å²) in [5, 5.41) is 6.42. The molecule has 3 aromatic carbocycles. The molecule has 6 aromatic rings. The van der Waals surface area contributed by atoms with Gasteiger partial charge in [-0.05, 0) is 23.6 Å². The van der Waals surface area contributed by atoms with Crippen LogP contribution in [0.4, 0.5) is 0 Å². The number of nitrogens with zero attached hydrogens (tertiary/aromatic N) is 2. The smallest absolute Gasteiger partial charge is 0.145 e. The van der Waals surface area contributed by atoms with E-state index >= 15 is 0 Å². The fourth-order valence-electron chi connectivity index (χ4n) is 3.79. The van der Waals surface area contributed by atoms with Crippen molar-refractivity contribution in [3.05, 3.63) is 73.1 Å². The Bertz CT molecular complexity index is 1410. The van der Waals surface area contributed by atoms with Crippen LogP contribution in [0.1, 0.15) is 0 Å². The first-order valence-electron chi connectivity index (χ1n) is 7.99. The van der Waals surface area contributed by atoms with Gasteiger partial charge in [0.2, 0.25) is 0 Å². The van der Waals surface area contributed by atoms with Crippen LogP contribution in [-0.4, -0.2) is 9.38 Å². The highest BCUT2D eigenvalue weighted by Crippen LogP contribution is 2.38. The fraction of sp³-hybridized carbons (Fsp3) is 0. The van der Waals surface area contributed by atoms with Gasteiger partial charge in [0, 0.05) is 43.3 Å². The number of pyridine rings is 1. The highest BCUT2D eigenvalue weighted by Gasteiger charge is 2.12. The molecule has 0 spiro atoms. The Labute approximate surface area is 141 Å². The maximum Gasteiger partial charge on any atom is 0.145 e. The van der Waals surface area contributed by atoms with Gasteiger partial charge in [0.1, 0.15) is 5.65 Å². The third-order valence-corrected chi connectivity index (χ3v) is 5.99. The molecule has 0 saturated carbocycles. The van der Waals surface area contributed by atoms with Crippen LogP contribution >= 0.6 is 11.3 Å². The van der Waals surface area contributed by atoms with Crippen LogP contribution in [0.5, 0.6) is 0 Å². The van der Waals surface area contributed by atoms with Crippen LogP contribution in [0, 0.1) is 0 Å². The molecule has 3 heterocycles. The summed E-state index contributed by atoms with van der Waals surface area (Å²) in [6, 6.07) is 21.9. The third-order valence-electron chi connectivity index (χ3n) is 4.85. The van der Waals surface area contributed by atoms with Crippen molar-refractivity contribution in [2.24, 2.45) is 0 Å². The van der Waals surface area contributed by atoms with E-state index in [0.717, 1.165) is 5.65 Å². The molecule has 0 amide bonds. The van der Waals surface area contributed by atoms with E-state index in [-0.39, 0.29) is 0 Å². The second-order valence-electron chi connectivity index (χ2n) is 6.13. The van der Waals surface area contributed by atoms with Gasteiger partial charge in [0.05, 0.1) is 5.52 Å². The third kappa shape index (κ3) is 1.47. The highest BCUT2D eigenvalue weighted by molar-refractivity contribution is 7.25. The number of hydrogen-bond donors (Lipinski definition) is 0. The van der Waals surface area contributed by atoms with Crippen LogP contribution in [0.3, 0.4) is 0 Å². The van der Waals surface area contributed by atoms with Gasteiger partial charge < -0.3 is 0 Å². The Morgan fingerprint density at radius 3 is 2.42 bits per heavy atom. The molecular weight excluding hydrogens is 312 g/mol. The number of thiophene rings is 1. The summed E-state index contributed by atoms with van der Waals surface area (Å²) in [4.78, 5) is 4.59. The molecule has 0 bridgehead atoms. The van der Waals surface area contributed by atoms with Crippen molar-refractivity contribution in [1.29, 1.82) is 0 Å². The summed E-state index contributed by atoms with van der Waals surface area (Å²) < 4.78 is 4.89. The second kappa shape index (κ2) is 4.34. The minimum absolute atomic E-state index is 1.02. The molecule has 112 valence electrons. The average Bonchev–Trinajstić information content (AvgIpc) is 3.25. The van der Waals surface area contributed by atoms with Crippen LogP contribution in [-0.2, 0) is 0 Å². The van der Waals surface area contributed by atoms with Crippen LogP contribution in [0.15, 0.2) is 73.1 Å². The second-order valence-corrected chi connectivity index (χ2v) is 7.21. The molecule has 0 aliphatic carbocycles. The lowest BCUT2D eigenvalue weighted by Crippen LogP contribution is -1.90. The van der Waals surface area contributed by atoms with Crippen molar-refractivity contribution < 1.29 is 0 Å². The van der Waals surface area contributed by atoms with Gasteiger partial charge in [-0.1, -0.05) is 42.5 Å². The molecule has 0 N–H and O–H groups in total. The summed E-state index contributed by atoms with van der Waals surface area (Å²) in [5.74, 6) is 0. The largest absolute Gasteiger partial charge is 0.299 e. The lowest BCUT2D eigenvalue weighted by atomic mass is 10.0. The average molecular weight is 324 g/mol. The van der Waals surface area contributed by atoms with Crippen molar-refractivity contribution in [1.82, 2.24) is 9.38 Å². The van der Waals surface area contributed by atoms with Gasteiger partial charge >= 0.3 is 0 Å². The maximum atomic E-state index is 4.59. The summed E-state index contributed by atoms with van der Waals surface area (Å²) in [6.45, 7) is 0. The molecule has 24 heavy (non-hydrogen) atoms. The van der Waals surface area contributed by atoms with Crippen molar-refractivity contribution in [2.45, 2.75) is 0 Å². The van der Waals surface area contributed by atoms with Crippen LogP contribution in [0.25, 0.3) is 47.5 Å². The number of fused-ring (bicyclic) bond motifs is 9. The van der Waals surface area contributed by atoms with E-state index in [9.17, 15) is 0 Å². The monoisotopic (exact) mass is 324 g/mol. The molecule has 3 heteroatoms. The van der Waals surface area contributed by atoms with E-state index in [0.29, 0.717) is 0 Å². The topological polar surface area (TPSA) is 17.3 Å². The fourth-order valence-corrected chi connectivity index (χ4v) is 4.91. The lowest BCUT2D eigenvalue weighted by molar-refractivity contribution is 1.28. The highest BCUT2D eigenvalue weighted by atomic mass is 32.1. The molecule has 0 saturated heterocycles. The van der Waals surface area contributed by atoms with E-state index in [1.54, 1.807) is 0 Å². The summed E-state index contributed by atoms with van der Waals surface area (Å²) in [6.07, 6.45) is 3.95. The standard InChI is InChI=1S/C21H12N2S/c1-2-7-15-13(5-1)16-12-20-17(14-6-3-4-8-19(14)24-20)11-18(16)23-10-9-22-21(15)23/h1-12H. The van der Waals surface area contributed by atoms with E-state index in [1.807, 2.05) is 17.5 Å². The van der Waals surface area contributed by atoms with E-state index in [4.69, 9.17) is 0 Å². The molecule has 0 aliphatic heterocycles. The molecular formula is C21H12N2S. The zero-order valence-electron chi connectivity index (χ0n) is 12.7. The Kier molecular flexibility index (Phi) is 2.26. The Morgan fingerprint density at radius 1 is 0.708 bits per heavy atom. The molecule has 6 rings (SSSR count). The number of rotatable bonds is 0. The Balaban J connectivity index is 1.97. The molecule has 0 atom stereocenters. The lowest BCUT2D eigenvalue weighted by Gasteiger charge is -2.08. The van der Waals surface area contributed by atoms with Gasteiger partial charge in [-0.3, -0.25) is 4.40 Å². The summed E-state index contributed by atoms with van der Waals surface area (Å²) >= 11 is 1.87. The van der Waals surface area contributed by atoms with Crippen molar-refractivity contribution in [3.8, 4) is 0 Å². The van der Waals surface area contributed by atoms with Crippen molar-refractivity contribution >= 4 is 58.8 Å².